The summed E-state index contributed by atoms with van der Waals surface area (Å²) in [5.41, 5.74) is 0.766. The van der Waals surface area contributed by atoms with Crippen molar-refractivity contribution in [3.8, 4) is 0 Å². The second kappa shape index (κ2) is 6.41. The quantitative estimate of drug-likeness (QED) is 0.920. The number of rotatable bonds is 3. The molecule has 18 heavy (non-hydrogen) atoms. The molecular weight excluding hydrogens is 272 g/mol. The number of nitrogens with one attached hydrogen (secondary N) is 1. The van der Waals surface area contributed by atoms with Crippen molar-refractivity contribution in [1.82, 2.24) is 5.32 Å². The molecule has 4 nitrogen and oxygen atoms in total. The first kappa shape index (κ1) is 15.3. The maximum atomic E-state index is 11.9. The van der Waals surface area contributed by atoms with Gasteiger partial charge in [-0.2, -0.15) is 0 Å². The van der Waals surface area contributed by atoms with Crippen molar-refractivity contribution in [3.05, 3.63) is 30.3 Å². The van der Waals surface area contributed by atoms with Gasteiger partial charge < -0.3 is 5.32 Å². The standard InChI is InChI=1S/C12H18N2O2S.ClH/c1-17(15,16)14(11-5-3-2-4-6-11)12-7-9-13-10-8-12;/h2-6,12-13H,7-10H2,1H3;1H. The van der Waals surface area contributed by atoms with E-state index in [9.17, 15) is 8.42 Å². The van der Waals surface area contributed by atoms with Gasteiger partial charge >= 0.3 is 0 Å². The van der Waals surface area contributed by atoms with Crippen LogP contribution >= 0.6 is 12.4 Å². The monoisotopic (exact) mass is 290 g/mol. The second-order valence-corrected chi connectivity index (χ2v) is 6.23. The van der Waals surface area contributed by atoms with Gasteiger partial charge in [-0.3, -0.25) is 4.31 Å². The summed E-state index contributed by atoms with van der Waals surface area (Å²) in [6, 6.07) is 9.41. The van der Waals surface area contributed by atoms with E-state index in [-0.39, 0.29) is 18.4 Å². The lowest BCUT2D eigenvalue weighted by molar-refractivity contribution is 0.454. The van der Waals surface area contributed by atoms with Crippen LogP contribution in [0.15, 0.2) is 30.3 Å². The predicted molar refractivity (Wildman–Crippen MR) is 76.9 cm³/mol. The molecule has 0 saturated carbocycles. The molecule has 1 aliphatic rings. The number of sulfonamides is 1. The van der Waals surface area contributed by atoms with E-state index in [4.69, 9.17) is 0 Å². The Morgan fingerprint density at radius 2 is 1.72 bits per heavy atom. The summed E-state index contributed by atoms with van der Waals surface area (Å²) in [4.78, 5) is 0. The average molecular weight is 291 g/mol. The smallest absolute Gasteiger partial charge is 0.232 e. The Labute approximate surface area is 115 Å². The molecule has 0 aromatic heterocycles. The number of halogens is 1. The van der Waals surface area contributed by atoms with E-state index in [1.54, 1.807) is 4.31 Å². The highest BCUT2D eigenvalue weighted by atomic mass is 35.5. The van der Waals surface area contributed by atoms with Gasteiger partial charge in [0.25, 0.3) is 0 Å². The third-order valence-corrected chi connectivity index (χ3v) is 4.23. The Balaban J connectivity index is 0.00000162. The molecule has 2 rings (SSSR count). The zero-order chi connectivity index (χ0) is 12.3. The first-order valence-electron chi connectivity index (χ1n) is 5.84. The van der Waals surface area contributed by atoms with Crippen LogP contribution < -0.4 is 9.62 Å². The van der Waals surface area contributed by atoms with Gasteiger partial charge in [0, 0.05) is 6.04 Å². The van der Waals surface area contributed by atoms with Gasteiger partial charge in [-0.05, 0) is 38.1 Å². The van der Waals surface area contributed by atoms with Crippen LogP contribution in [0.4, 0.5) is 5.69 Å². The minimum Gasteiger partial charge on any atom is -0.317 e. The average Bonchev–Trinajstić information content (AvgIpc) is 2.30. The highest BCUT2D eigenvalue weighted by Crippen LogP contribution is 2.24. The number of piperidine rings is 1. The van der Waals surface area contributed by atoms with Crippen LogP contribution in [0.1, 0.15) is 12.8 Å². The maximum absolute atomic E-state index is 11.9. The minimum absolute atomic E-state index is 0. The molecule has 0 aliphatic carbocycles. The summed E-state index contributed by atoms with van der Waals surface area (Å²) in [6.45, 7) is 1.76. The summed E-state index contributed by atoms with van der Waals surface area (Å²) < 4.78 is 25.4. The molecule has 102 valence electrons. The summed E-state index contributed by atoms with van der Waals surface area (Å²) in [5, 5.41) is 3.25. The minimum atomic E-state index is -3.21. The Morgan fingerprint density at radius 1 is 1.17 bits per heavy atom. The highest BCUT2D eigenvalue weighted by Gasteiger charge is 2.27. The van der Waals surface area contributed by atoms with E-state index in [1.165, 1.54) is 6.26 Å². The Hall–Kier alpha value is -0.780. The Kier molecular flexibility index (Phi) is 5.44. The summed E-state index contributed by atoms with van der Waals surface area (Å²) in [7, 11) is -3.21. The predicted octanol–water partition coefficient (Wildman–Crippen LogP) is 1.63. The van der Waals surface area contributed by atoms with Crippen molar-refractivity contribution in [3.63, 3.8) is 0 Å². The van der Waals surface area contributed by atoms with Gasteiger partial charge in [0.1, 0.15) is 0 Å². The largest absolute Gasteiger partial charge is 0.317 e. The molecule has 0 unspecified atom stereocenters. The molecule has 1 aromatic carbocycles. The molecule has 0 bridgehead atoms. The van der Waals surface area contributed by atoms with Crippen LogP contribution in [0.2, 0.25) is 0 Å². The van der Waals surface area contributed by atoms with Crippen molar-refractivity contribution >= 4 is 28.1 Å². The third-order valence-electron chi connectivity index (χ3n) is 3.01. The van der Waals surface area contributed by atoms with Crippen LogP contribution in [0, 0.1) is 0 Å². The fourth-order valence-corrected chi connectivity index (χ4v) is 3.55. The second-order valence-electron chi connectivity index (χ2n) is 4.38. The van der Waals surface area contributed by atoms with Crippen molar-refractivity contribution < 1.29 is 8.42 Å². The lowest BCUT2D eigenvalue weighted by Crippen LogP contribution is -2.45. The van der Waals surface area contributed by atoms with E-state index in [1.807, 2.05) is 30.3 Å². The van der Waals surface area contributed by atoms with Crippen molar-refractivity contribution in [2.24, 2.45) is 0 Å². The van der Waals surface area contributed by atoms with Gasteiger partial charge in [0.05, 0.1) is 11.9 Å². The SMILES string of the molecule is CS(=O)(=O)N(c1ccccc1)C1CCNCC1.Cl. The summed E-state index contributed by atoms with van der Waals surface area (Å²) in [5.74, 6) is 0. The van der Waals surface area contributed by atoms with E-state index in [0.29, 0.717) is 0 Å². The summed E-state index contributed by atoms with van der Waals surface area (Å²) in [6.07, 6.45) is 3.01. The van der Waals surface area contributed by atoms with Crippen molar-refractivity contribution in [2.45, 2.75) is 18.9 Å². The van der Waals surface area contributed by atoms with Crippen molar-refractivity contribution in [2.75, 3.05) is 23.7 Å². The molecule has 0 radical (unpaired) electrons. The van der Waals surface area contributed by atoms with Crippen molar-refractivity contribution in [1.29, 1.82) is 0 Å². The molecule has 1 aromatic rings. The van der Waals surface area contributed by atoms with E-state index in [2.05, 4.69) is 5.32 Å². The number of hydrogen-bond donors (Lipinski definition) is 1. The zero-order valence-electron chi connectivity index (χ0n) is 10.4. The molecular formula is C12H19ClN2O2S. The number of hydrogen-bond acceptors (Lipinski definition) is 3. The molecule has 6 heteroatoms. The van der Waals surface area contributed by atoms with Crippen LogP contribution in [0.3, 0.4) is 0 Å². The van der Waals surface area contributed by atoms with Gasteiger partial charge in [-0.1, -0.05) is 18.2 Å². The molecule has 1 saturated heterocycles. The van der Waals surface area contributed by atoms with E-state index >= 15 is 0 Å². The number of nitrogens with zero attached hydrogens (tertiary/aromatic N) is 1. The lowest BCUT2D eigenvalue weighted by atomic mass is 10.1. The highest BCUT2D eigenvalue weighted by molar-refractivity contribution is 7.92. The molecule has 1 N–H and O–H groups in total. The molecule has 1 fully saturated rings. The molecule has 1 aliphatic heterocycles. The number of anilines is 1. The molecule has 0 amide bonds. The van der Waals surface area contributed by atoms with E-state index in [0.717, 1.165) is 31.6 Å². The number of para-hydroxylation sites is 1. The Morgan fingerprint density at radius 3 is 2.22 bits per heavy atom. The van der Waals surface area contributed by atoms with Crippen LogP contribution in [0.5, 0.6) is 0 Å². The molecule has 1 heterocycles. The lowest BCUT2D eigenvalue weighted by Gasteiger charge is -2.34. The van der Waals surface area contributed by atoms with Gasteiger partial charge in [0.2, 0.25) is 10.0 Å². The normalized spacial score (nSPS) is 16.9. The van der Waals surface area contributed by atoms with Gasteiger partial charge in [0.15, 0.2) is 0 Å². The fourth-order valence-electron chi connectivity index (χ4n) is 2.29. The third kappa shape index (κ3) is 3.60. The van der Waals surface area contributed by atoms with E-state index < -0.39 is 10.0 Å². The summed E-state index contributed by atoms with van der Waals surface area (Å²) >= 11 is 0. The van der Waals surface area contributed by atoms with Crippen LogP contribution in [-0.2, 0) is 10.0 Å². The van der Waals surface area contributed by atoms with Crippen LogP contribution in [-0.4, -0.2) is 33.8 Å². The van der Waals surface area contributed by atoms with Gasteiger partial charge in [-0.25, -0.2) is 8.42 Å². The fraction of sp³-hybridized carbons (Fsp3) is 0.500. The van der Waals surface area contributed by atoms with Gasteiger partial charge in [-0.15, -0.1) is 12.4 Å². The first-order valence-corrected chi connectivity index (χ1v) is 7.69. The molecule has 0 atom stereocenters. The first-order chi connectivity index (χ1) is 8.09. The zero-order valence-corrected chi connectivity index (χ0v) is 12.0. The topological polar surface area (TPSA) is 49.4 Å². The number of benzene rings is 1. The van der Waals surface area contributed by atoms with Crippen LogP contribution in [0.25, 0.3) is 0 Å². The molecule has 0 spiro atoms. The Bertz CT molecular complexity index is 458. The maximum Gasteiger partial charge on any atom is 0.232 e.